The zero-order valence-electron chi connectivity index (χ0n) is 14.1. The highest BCUT2D eigenvalue weighted by atomic mass is 16.5. The monoisotopic (exact) mass is 323 g/mol. The van der Waals surface area contributed by atoms with Gasteiger partial charge in [-0.3, -0.25) is 4.79 Å². The number of methoxy groups -OCH3 is 2. The number of hydrogen-bond donors (Lipinski definition) is 2. The fourth-order valence-corrected chi connectivity index (χ4v) is 2.25. The van der Waals surface area contributed by atoms with Gasteiger partial charge in [-0.15, -0.1) is 0 Å². The number of benzene rings is 1. The summed E-state index contributed by atoms with van der Waals surface area (Å²) in [4.78, 5) is 23.1. The van der Waals surface area contributed by atoms with Crippen molar-refractivity contribution >= 4 is 11.9 Å². The first-order valence-electron chi connectivity index (χ1n) is 7.60. The molecule has 0 aliphatic carbocycles. The third-order valence-corrected chi connectivity index (χ3v) is 3.43. The lowest BCUT2D eigenvalue weighted by Crippen LogP contribution is -2.41. The van der Waals surface area contributed by atoms with Gasteiger partial charge >= 0.3 is 5.97 Å². The van der Waals surface area contributed by atoms with Crippen molar-refractivity contribution < 1.29 is 24.2 Å². The van der Waals surface area contributed by atoms with E-state index in [0.29, 0.717) is 24.3 Å². The molecule has 0 saturated carbocycles. The van der Waals surface area contributed by atoms with Crippen LogP contribution in [0.25, 0.3) is 0 Å². The summed E-state index contributed by atoms with van der Waals surface area (Å²) < 4.78 is 10.4. The summed E-state index contributed by atoms with van der Waals surface area (Å²) >= 11 is 0. The number of amides is 1. The van der Waals surface area contributed by atoms with Crippen molar-refractivity contribution in [3.05, 3.63) is 23.8 Å². The first-order valence-corrected chi connectivity index (χ1v) is 7.60. The molecule has 6 heteroatoms. The van der Waals surface area contributed by atoms with Gasteiger partial charge in [0.25, 0.3) is 0 Å². The molecule has 128 valence electrons. The lowest BCUT2D eigenvalue weighted by molar-refractivity contribution is -0.142. The molecule has 0 bridgehead atoms. The van der Waals surface area contributed by atoms with Crippen molar-refractivity contribution in [3.8, 4) is 11.5 Å². The molecule has 2 N–H and O–H groups in total. The third-order valence-electron chi connectivity index (χ3n) is 3.43. The van der Waals surface area contributed by atoms with E-state index in [1.54, 1.807) is 20.3 Å². The van der Waals surface area contributed by atoms with Gasteiger partial charge in [-0.25, -0.2) is 4.79 Å². The number of carboxylic acids is 1. The highest BCUT2D eigenvalue weighted by Gasteiger charge is 2.20. The minimum atomic E-state index is -1.00. The van der Waals surface area contributed by atoms with Gasteiger partial charge in [0.2, 0.25) is 5.91 Å². The van der Waals surface area contributed by atoms with Gasteiger partial charge in [0.1, 0.15) is 6.04 Å². The number of carboxylic acid groups (broad SMARTS) is 1. The van der Waals surface area contributed by atoms with E-state index >= 15 is 0 Å². The molecule has 1 aromatic carbocycles. The van der Waals surface area contributed by atoms with E-state index in [2.05, 4.69) is 5.32 Å². The highest BCUT2D eigenvalue weighted by Crippen LogP contribution is 2.27. The van der Waals surface area contributed by atoms with Crippen LogP contribution in [0, 0.1) is 5.92 Å². The van der Waals surface area contributed by atoms with Crippen LogP contribution in [0.15, 0.2) is 18.2 Å². The van der Waals surface area contributed by atoms with E-state index < -0.39 is 12.0 Å². The van der Waals surface area contributed by atoms with Gasteiger partial charge in [-0.2, -0.15) is 0 Å². The number of ether oxygens (including phenoxy) is 2. The quantitative estimate of drug-likeness (QED) is 0.728. The predicted molar refractivity (Wildman–Crippen MR) is 86.9 cm³/mol. The second-order valence-corrected chi connectivity index (χ2v) is 5.78. The number of rotatable bonds is 9. The fraction of sp³-hybridized carbons (Fsp3) is 0.529. The number of nitrogens with one attached hydrogen (secondary N) is 1. The van der Waals surface area contributed by atoms with Crippen molar-refractivity contribution in [2.75, 3.05) is 14.2 Å². The van der Waals surface area contributed by atoms with Gasteiger partial charge in [-0.1, -0.05) is 19.9 Å². The van der Waals surface area contributed by atoms with Crippen LogP contribution in [0.1, 0.15) is 32.3 Å². The largest absolute Gasteiger partial charge is 0.493 e. The Labute approximate surface area is 136 Å². The van der Waals surface area contributed by atoms with Gasteiger partial charge in [0, 0.05) is 6.42 Å². The van der Waals surface area contributed by atoms with Crippen molar-refractivity contribution in [3.63, 3.8) is 0 Å². The molecule has 0 fully saturated rings. The average Bonchev–Trinajstić information content (AvgIpc) is 2.51. The molecule has 0 spiro atoms. The van der Waals surface area contributed by atoms with Crippen LogP contribution in [0.5, 0.6) is 11.5 Å². The molecule has 1 aromatic rings. The second kappa shape index (κ2) is 9.02. The third kappa shape index (κ3) is 6.18. The van der Waals surface area contributed by atoms with Crippen LogP contribution in [0.4, 0.5) is 0 Å². The lowest BCUT2D eigenvalue weighted by Gasteiger charge is -2.16. The molecule has 0 aromatic heterocycles. The summed E-state index contributed by atoms with van der Waals surface area (Å²) in [6.45, 7) is 3.84. The Morgan fingerprint density at radius 3 is 2.35 bits per heavy atom. The van der Waals surface area contributed by atoms with Gasteiger partial charge in [-0.05, 0) is 36.5 Å². The van der Waals surface area contributed by atoms with E-state index in [-0.39, 0.29) is 18.2 Å². The van der Waals surface area contributed by atoms with Crippen LogP contribution >= 0.6 is 0 Å². The van der Waals surface area contributed by atoms with Crippen LogP contribution in [-0.4, -0.2) is 37.2 Å². The zero-order valence-corrected chi connectivity index (χ0v) is 14.1. The van der Waals surface area contributed by atoms with Gasteiger partial charge in [0.05, 0.1) is 14.2 Å². The molecule has 1 rings (SSSR count). The van der Waals surface area contributed by atoms with Crippen molar-refractivity contribution in [2.24, 2.45) is 5.92 Å². The summed E-state index contributed by atoms with van der Waals surface area (Å²) in [5, 5.41) is 11.7. The Hall–Kier alpha value is -2.24. The molecule has 23 heavy (non-hydrogen) atoms. The molecule has 0 aliphatic heterocycles. The Morgan fingerprint density at radius 1 is 1.17 bits per heavy atom. The van der Waals surface area contributed by atoms with Crippen molar-refractivity contribution in [1.29, 1.82) is 0 Å². The maximum atomic E-state index is 12.0. The summed E-state index contributed by atoms with van der Waals surface area (Å²) in [5.41, 5.74) is 0.925. The Bertz CT molecular complexity index is 542. The van der Waals surface area contributed by atoms with Gasteiger partial charge < -0.3 is 19.9 Å². The topological polar surface area (TPSA) is 84.9 Å². The van der Waals surface area contributed by atoms with E-state index in [1.165, 1.54) is 0 Å². The van der Waals surface area contributed by atoms with E-state index in [1.807, 2.05) is 26.0 Å². The Balaban J connectivity index is 2.60. The molecule has 0 radical (unpaired) electrons. The molecule has 1 amide bonds. The Kier molecular flexibility index (Phi) is 7.38. The SMILES string of the molecule is COc1ccc(CCC(=O)N[C@@H](CC(C)C)C(=O)O)cc1OC. The zero-order chi connectivity index (χ0) is 17.4. The van der Waals surface area contributed by atoms with E-state index in [0.717, 1.165) is 5.56 Å². The molecule has 6 nitrogen and oxygen atoms in total. The van der Waals surface area contributed by atoms with E-state index in [9.17, 15) is 9.59 Å². The average molecular weight is 323 g/mol. The number of aryl methyl sites for hydroxylation is 1. The van der Waals surface area contributed by atoms with E-state index in [4.69, 9.17) is 14.6 Å². The van der Waals surface area contributed by atoms with Crippen LogP contribution < -0.4 is 14.8 Å². The molecule has 0 saturated heterocycles. The number of hydrogen-bond acceptors (Lipinski definition) is 4. The van der Waals surface area contributed by atoms with Crippen LogP contribution in [0.2, 0.25) is 0 Å². The maximum Gasteiger partial charge on any atom is 0.326 e. The highest BCUT2D eigenvalue weighted by molar-refractivity contribution is 5.83. The Morgan fingerprint density at radius 2 is 1.83 bits per heavy atom. The molecule has 0 aliphatic rings. The number of carbonyl (C=O) groups excluding carboxylic acids is 1. The van der Waals surface area contributed by atoms with Crippen molar-refractivity contribution in [2.45, 2.75) is 39.2 Å². The summed E-state index contributed by atoms with van der Waals surface area (Å²) in [7, 11) is 3.11. The molecule has 0 heterocycles. The second-order valence-electron chi connectivity index (χ2n) is 5.78. The summed E-state index contributed by atoms with van der Waals surface area (Å²) in [6, 6.07) is 4.62. The molecular weight excluding hydrogens is 298 g/mol. The smallest absolute Gasteiger partial charge is 0.326 e. The minimum Gasteiger partial charge on any atom is -0.493 e. The molecule has 1 atom stereocenters. The summed E-state index contributed by atoms with van der Waals surface area (Å²) in [6.07, 6.45) is 1.13. The lowest BCUT2D eigenvalue weighted by atomic mass is 10.0. The fourth-order valence-electron chi connectivity index (χ4n) is 2.25. The van der Waals surface area contributed by atoms with Crippen molar-refractivity contribution in [1.82, 2.24) is 5.32 Å². The first kappa shape index (κ1) is 18.8. The van der Waals surface area contributed by atoms with Gasteiger partial charge in [0.15, 0.2) is 11.5 Å². The molecule has 0 unspecified atom stereocenters. The standard InChI is InChI=1S/C17H25NO5/c1-11(2)9-13(17(20)21)18-16(19)8-6-12-5-7-14(22-3)15(10-12)23-4/h5,7,10-11,13H,6,8-9H2,1-4H3,(H,18,19)(H,20,21)/t13-/m0/s1. The summed E-state index contributed by atoms with van der Waals surface area (Å²) in [5.74, 6) is 0.158. The molecular formula is C17H25NO5. The van der Waals surface area contributed by atoms with Crippen LogP contribution in [0.3, 0.4) is 0 Å². The minimum absolute atomic E-state index is 0.197. The normalized spacial score (nSPS) is 11.9. The van der Waals surface area contributed by atoms with Crippen LogP contribution in [-0.2, 0) is 16.0 Å². The number of carbonyl (C=O) groups is 2. The predicted octanol–water partition coefficient (Wildman–Crippen LogP) is 2.25. The maximum absolute atomic E-state index is 12.0. The first-order chi connectivity index (χ1) is 10.9. The number of aliphatic carboxylic acids is 1.